The summed E-state index contributed by atoms with van der Waals surface area (Å²) in [5.74, 6) is 2.92. The second kappa shape index (κ2) is 6.47. The van der Waals surface area contributed by atoms with Crippen LogP contribution in [0.5, 0.6) is 0 Å². The maximum absolute atomic E-state index is 6.29. The first-order chi connectivity index (χ1) is 7.86. The van der Waals surface area contributed by atoms with Gasteiger partial charge < -0.3 is 5.73 Å². The van der Waals surface area contributed by atoms with Crippen molar-refractivity contribution in [1.82, 2.24) is 0 Å². The molecule has 0 bridgehead atoms. The van der Waals surface area contributed by atoms with E-state index in [1.165, 1.54) is 31.4 Å². The van der Waals surface area contributed by atoms with E-state index in [2.05, 4.69) is 46.4 Å². The lowest BCUT2D eigenvalue weighted by Gasteiger charge is -2.42. The minimum atomic E-state index is 0.433. The Morgan fingerprint density at radius 1 is 1.29 bits per heavy atom. The first-order valence-electron chi connectivity index (χ1n) is 7.24. The van der Waals surface area contributed by atoms with E-state index in [1.54, 1.807) is 0 Å². The standard InChI is InChI=1S/C15H31NS/c1-6-15(4,5)12-7-8-13(16)14(9-12)17-10-11(2)3/h11-14H,6-10,16H2,1-5H3. The summed E-state index contributed by atoms with van der Waals surface area (Å²) in [5.41, 5.74) is 6.79. The van der Waals surface area contributed by atoms with Gasteiger partial charge in [0.25, 0.3) is 0 Å². The first kappa shape index (κ1) is 15.4. The lowest BCUT2D eigenvalue weighted by atomic mass is 9.69. The van der Waals surface area contributed by atoms with Gasteiger partial charge in [0.15, 0.2) is 0 Å². The number of nitrogens with two attached hydrogens (primary N) is 1. The minimum Gasteiger partial charge on any atom is -0.327 e. The Kier molecular flexibility index (Phi) is 5.85. The van der Waals surface area contributed by atoms with E-state index in [9.17, 15) is 0 Å². The molecule has 2 N–H and O–H groups in total. The zero-order valence-electron chi connectivity index (χ0n) is 12.3. The maximum Gasteiger partial charge on any atom is 0.0201 e. The zero-order valence-corrected chi connectivity index (χ0v) is 13.1. The lowest BCUT2D eigenvalue weighted by molar-refractivity contribution is 0.148. The molecule has 0 aromatic carbocycles. The SMILES string of the molecule is CCC(C)(C)C1CCC(N)C(SCC(C)C)C1. The van der Waals surface area contributed by atoms with Crippen molar-refractivity contribution in [2.75, 3.05) is 5.75 Å². The lowest BCUT2D eigenvalue weighted by Crippen LogP contribution is -2.42. The largest absolute Gasteiger partial charge is 0.327 e. The zero-order chi connectivity index (χ0) is 13.1. The van der Waals surface area contributed by atoms with E-state index in [1.807, 2.05) is 0 Å². The smallest absolute Gasteiger partial charge is 0.0201 e. The molecule has 1 fully saturated rings. The van der Waals surface area contributed by atoms with Crippen molar-refractivity contribution in [1.29, 1.82) is 0 Å². The van der Waals surface area contributed by atoms with Crippen LogP contribution in [0.25, 0.3) is 0 Å². The van der Waals surface area contributed by atoms with Crippen LogP contribution in [-0.4, -0.2) is 17.0 Å². The fourth-order valence-electron chi connectivity index (χ4n) is 2.66. The normalized spacial score (nSPS) is 30.9. The molecule has 102 valence electrons. The quantitative estimate of drug-likeness (QED) is 0.794. The molecule has 2 heteroatoms. The monoisotopic (exact) mass is 257 g/mol. The van der Waals surface area contributed by atoms with Gasteiger partial charge in [-0.25, -0.2) is 0 Å². The molecule has 0 aromatic rings. The highest BCUT2D eigenvalue weighted by Gasteiger charge is 2.35. The fourth-order valence-corrected chi connectivity index (χ4v) is 4.04. The number of hydrogen-bond acceptors (Lipinski definition) is 2. The fraction of sp³-hybridized carbons (Fsp3) is 1.00. The first-order valence-corrected chi connectivity index (χ1v) is 8.29. The number of hydrogen-bond donors (Lipinski definition) is 1. The summed E-state index contributed by atoms with van der Waals surface area (Å²) in [4.78, 5) is 0. The summed E-state index contributed by atoms with van der Waals surface area (Å²) in [6.45, 7) is 11.8. The molecule has 0 spiro atoms. The van der Waals surface area contributed by atoms with Crippen LogP contribution in [0.2, 0.25) is 0 Å². The van der Waals surface area contributed by atoms with Crippen LogP contribution in [0.1, 0.15) is 60.3 Å². The van der Waals surface area contributed by atoms with Crippen LogP contribution in [-0.2, 0) is 0 Å². The molecule has 1 aliphatic carbocycles. The van der Waals surface area contributed by atoms with E-state index in [0.29, 0.717) is 16.7 Å². The topological polar surface area (TPSA) is 26.0 Å². The highest BCUT2D eigenvalue weighted by molar-refractivity contribution is 7.99. The van der Waals surface area contributed by atoms with E-state index in [4.69, 9.17) is 5.73 Å². The third-order valence-corrected chi connectivity index (χ3v) is 6.33. The summed E-state index contributed by atoms with van der Waals surface area (Å²) in [5, 5.41) is 0.696. The van der Waals surface area contributed by atoms with Crippen molar-refractivity contribution in [2.24, 2.45) is 23.0 Å². The maximum atomic E-state index is 6.29. The predicted molar refractivity (Wildman–Crippen MR) is 80.5 cm³/mol. The highest BCUT2D eigenvalue weighted by Crippen LogP contribution is 2.43. The summed E-state index contributed by atoms with van der Waals surface area (Å²) in [6.07, 6.45) is 5.18. The molecule has 0 aliphatic heterocycles. The van der Waals surface area contributed by atoms with Crippen LogP contribution in [0.4, 0.5) is 0 Å². The molecule has 1 saturated carbocycles. The average molecular weight is 257 g/mol. The molecule has 0 saturated heterocycles. The third kappa shape index (κ3) is 4.48. The van der Waals surface area contributed by atoms with E-state index >= 15 is 0 Å². The van der Waals surface area contributed by atoms with Gasteiger partial charge in [0.1, 0.15) is 0 Å². The molecular formula is C15H31NS. The molecule has 1 rings (SSSR count). The molecular weight excluding hydrogens is 226 g/mol. The Balaban J connectivity index is 2.53. The summed E-state index contributed by atoms with van der Waals surface area (Å²) in [7, 11) is 0. The van der Waals surface area contributed by atoms with Crippen molar-refractivity contribution in [2.45, 2.75) is 71.6 Å². The van der Waals surface area contributed by atoms with Gasteiger partial charge in [-0.15, -0.1) is 0 Å². The van der Waals surface area contributed by atoms with Crippen LogP contribution < -0.4 is 5.73 Å². The van der Waals surface area contributed by atoms with Gasteiger partial charge in [0.2, 0.25) is 0 Å². The second-order valence-corrected chi connectivity index (χ2v) is 8.05. The van der Waals surface area contributed by atoms with E-state index in [-0.39, 0.29) is 0 Å². The Hall–Kier alpha value is 0.310. The molecule has 17 heavy (non-hydrogen) atoms. The molecule has 0 amide bonds. The Morgan fingerprint density at radius 2 is 1.94 bits per heavy atom. The molecule has 1 nitrogen and oxygen atoms in total. The van der Waals surface area contributed by atoms with Gasteiger partial charge in [-0.05, 0) is 42.3 Å². The summed E-state index contributed by atoms with van der Waals surface area (Å²) >= 11 is 2.12. The molecule has 0 radical (unpaired) electrons. The Bertz CT molecular complexity index is 225. The van der Waals surface area contributed by atoms with Gasteiger partial charge >= 0.3 is 0 Å². The van der Waals surface area contributed by atoms with Crippen LogP contribution in [0, 0.1) is 17.3 Å². The van der Waals surface area contributed by atoms with Gasteiger partial charge in [0.05, 0.1) is 0 Å². The number of thioether (sulfide) groups is 1. The van der Waals surface area contributed by atoms with Gasteiger partial charge in [-0.1, -0.05) is 41.0 Å². The summed E-state index contributed by atoms with van der Waals surface area (Å²) in [6, 6.07) is 0.433. The summed E-state index contributed by atoms with van der Waals surface area (Å²) < 4.78 is 0. The van der Waals surface area contributed by atoms with Crippen LogP contribution in [0.15, 0.2) is 0 Å². The van der Waals surface area contributed by atoms with Crippen molar-refractivity contribution in [3.63, 3.8) is 0 Å². The van der Waals surface area contributed by atoms with Gasteiger partial charge in [-0.3, -0.25) is 0 Å². The molecule has 0 heterocycles. The van der Waals surface area contributed by atoms with Crippen LogP contribution in [0.3, 0.4) is 0 Å². The molecule has 3 atom stereocenters. The Morgan fingerprint density at radius 3 is 2.47 bits per heavy atom. The van der Waals surface area contributed by atoms with Crippen molar-refractivity contribution in [3.8, 4) is 0 Å². The minimum absolute atomic E-state index is 0.433. The van der Waals surface area contributed by atoms with E-state index < -0.39 is 0 Å². The highest BCUT2D eigenvalue weighted by atomic mass is 32.2. The van der Waals surface area contributed by atoms with Crippen LogP contribution >= 0.6 is 11.8 Å². The molecule has 1 aliphatic rings. The predicted octanol–water partition coefficient (Wildman–Crippen LogP) is 4.31. The van der Waals surface area contributed by atoms with Gasteiger partial charge in [0, 0.05) is 11.3 Å². The van der Waals surface area contributed by atoms with Crippen molar-refractivity contribution >= 4 is 11.8 Å². The third-order valence-electron chi connectivity index (χ3n) is 4.50. The van der Waals surface area contributed by atoms with Crippen molar-refractivity contribution < 1.29 is 0 Å². The number of rotatable bonds is 5. The van der Waals surface area contributed by atoms with E-state index in [0.717, 1.165) is 11.8 Å². The second-order valence-electron chi connectivity index (χ2n) is 6.78. The Labute approximate surface area is 112 Å². The van der Waals surface area contributed by atoms with Gasteiger partial charge in [-0.2, -0.15) is 11.8 Å². The van der Waals surface area contributed by atoms with Crippen molar-refractivity contribution in [3.05, 3.63) is 0 Å². The molecule has 0 aromatic heterocycles. The molecule has 3 unspecified atom stereocenters. The average Bonchev–Trinajstić information content (AvgIpc) is 2.27.